The van der Waals surface area contributed by atoms with Crippen LogP contribution in [0.15, 0.2) is 42.5 Å². The van der Waals surface area contributed by atoms with E-state index in [1.807, 2.05) is 18.2 Å². The van der Waals surface area contributed by atoms with Crippen molar-refractivity contribution in [3.63, 3.8) is 0 Å². The van der Waals surface area contributed by atoms with E-state index in [4.69, 9.17) is 14.6 Å². The molecule has 0 aliphatic carbocycles. The fraction of sp³-hybridized carbons (Fsp3) is 0.333. The number of carbonyl (C=O) groups is 2. The number of aromatic carboxylic acids is 1. The van der Waals surface area contributed by atoms with Crippen molar-refractivity contribution in [1.29, 1.82) is 0 Å². The smallest absolute Gasteiger partial charge is 0.335 e. The summed E-state index contributed by atoms with van der Waals surface area (Å²) in [6, 6.07) is 11.9. The number of rotatable bonds is 10. The Kier molecular flexibility index (Phi) is 7.67. The quantitative estimate of drug-likeness (QED) is 0.625. The van der Waals surface area contributed by atoms with Crippen molar-refractivity contribution in [2.24, 2.45) is 0 Å². The number of methoxy groups -OCH3 is 1. The van der Waals surface area contributed by atoms with Crippen LogP contribution in [0.25, 0.3) is 0 Å². The highest BCUT2D eigenvalue weighted by Crippen LogP contribution is 2.28. The van der Waals surface area contributed by atoms with Crippen LogP contribution < -0.4 is 14.8 Å². The van der Waals surface area contributed by atoms with Gasteiger partial charge in [0.1, 0.15) is 0 Å². The van der Waals surface area contributed by atoms with Gasteiger partial charge in [-0.1, -0.05) is 31.5 Å². The van der Waals surface area contributed by atoms with Gasteiger partial charge in [-0.3, -0.25) is 4.79 Å². The van der Waals surface area contributed by atoms with Crippen LogP contribution in [0.1, 0.15) is 41.3 Å². The second kappa shape index (κ2) is 10.2. The van der Waals surface area contributed by atoms with Gasteiger partial charge in [-0.2, -0.15) is 0 Å². The molecule has 6 nitrogen and oxygen atoms in total. The third-order valence-corrected chi connectivity index (χ3v) is 4.01. The first-order valence-corrected chi connectivity index (χ1v) is 8.92. The maximum absolute atomic E-state index is 12.1. The zero-order valence-corrected chi connectivity index (χ0v) is 15.7. The number of nitrogens with one attached hydrogen (secondary N) is 1. The van der Waals surface area contributed by atoms with Crippen LogP contribution in [-0.4, -0.2) is 30.7 Å². The molecule has 0 spiro atoms. The number of unbranched alkanes of at least 4 members (excludes halogenated alkanes) is 1. The summed E-state index contributed by atoms with van der Waals surface area (Å²) < 4.78 is 11.1. The predicted octanol–water partition coefficient (Wildman–Crippen LogP) is 3.43. The van der Waals surface area contributed by atoms with Gasteiger partial charge in [-0.15, -0.1) is 0 Å². The molecule has 2 rings (SSSR count). The number of amides is 1. The Morgan fingerprint density at radius 3 is 2.59 bits per heavy atom. The SMILES string of the molecule is CCCCOc1ccc(CNC(=O)Cc2cccc(C(=O)O)c2)cc1OC. The molecular weight excluding hydrogens is 346 g/mol. The first-order chi connectivity index (χ1) is 13.0. The zero-order chi connectivity index (χ0) is 19.6. The Morgan fingerprint density at radius 2 is 1.89 bits per heavy atom. The molecule has 0 aliphatic rings. The van der Waals surface area contributed by atoms with E-state index in [0.29, 0.717) is 30.2 Å². The van der Waals surface area contributed by atoms with Crippen LogP contribution in [0.3, 0.4) is 0 Å². The summed E-state index contributed by atoms with van der Waals surface area (Å²) in [5, 5.41) is 11.8. The van der Waals surface area contributed by atoms with Crippen molar-refractivity contribution >= 4 is 11.9 Å². The van der Waals surface area contributed by atoms with Gasteiger partial charge >= 0.3 is 5.97 Å². The largest absolute Gasteiger partial charge is 0.493 e. The summed E-state index contributed by atoms with van der Waals surface area (Å²) >= 11 is 0. The lowest BCUT2D eigenvalue weighted by Crippen LogP contribution is -2.24. The van der Waals surface area contributed by atoms with Crippen LogP contribution in [0.2, 0.25) is 0 Å². The van der Waals surface area contributed by atoms with Crippen LogP contribution in [0, 0.1) is 0 Å². The van der Waals surface area contributed by atoms with E-state index in [1.165, 1.54) is 12.1 Å². The topological polar surface area (TPSA) is 84.9 Å². The number of carboxylic acid groups (broad SMARTS) is 1. The molecule has 0 fully saturated rings. The summed E-state index contributed by atoms with van der Waals surface area (Å²) in [6.45, 7) is 3.09. The van der Waals surface area contributed by atoms with E-state index in [-0.39, 0.29) is 17.9 Å². The lowest BCUT2D eigenvalue weighted by molar-refractivity contribution is -0.120. The first-order valence-electron chi connectivity index (χ1n) is 8.92. The van der Waals surface area contributed by atoms with E-state index in [9.17, 15) is 9.59 Å². The van der Waals surface area contributed by atoms with Gasteiger partial charge in [0, 0.05) is 6.54 Å². The van der Waals surface area contributed by atoms with E-state index in [0.717, 1.165) is 18.4 Å². The third kappa shape index (κ3) is 6.33. The van der Waals surface area contributed by atoms with Gasteiger partial charge in [-0.25, -0.2) is 4.79 Å². The lowest BCUT2D eigenvalue weighted by atomic mass is 10.1. The monoisotopic (exact) mass is 371 g/mol. The number of carboxylic acids is 1. The van der Waals surface area contributed by atoms with E-state index in [2.05, 4.69) is 12.2 Å². The molecule has 0 saturated heterocycles. The fourth-order valence-corrected chi connectivity index (χ4v) is 2.53. The third-order valence-electron chi connectivity index (χ3n) is 4.01. The predicted molar refractivity (Wildman–Crippen MR) is 102 cm³/mol. The molecule has 0 aliphatic heterocycles. The second-order valence-electron chi connectivity index (χ2n) is 6.15. The lowest BCUT2D eigenvalue weighted by Gasteiger charge is -2.12. The van der Waals surface area contributed by atoms with E-state index >= 15 is 0 Å². The van der Waals surface area contributed by atoms with Gasteiger partial charge in [-0.05, 0) is 41.8 Å². The molecule has 1 amide bonds. The molecule has 0 atom stereocenters. The molecule has 0 aromatic heterocycles. The standard InChI is InChI=1S/C21H25NO5/c1-3-4-10-27-18-9-8-16(12-19(18)26-2)14-22-20(23)13-15-6-5-7-17(11-15)21(24)25/h5-9,11-12H,3-4,10,13-14H2,1-2H3,(H,22,23)(H,24,25). The van der Waals surface area contributed by atoms with E-state index in [1.54, 1.807) is 19.2 Å². The number of carbonyl (C=O) groups excluding carboxylic acids is 1. The molecule has 0 heterocycles. The minimum atomic E-state index is -1.01. The molecule has 2 aromatic carbocycles. The number of ether oxygens (including phenoxy) is 2. The molecule has 0 saturated carbocycles. The number of hydrogen-bond donors (Lipinski definition) is 2. The van der Waals surface area contributed by atoms with Gasteiger partial charge < -0.3 is 19.9 Å². The molecule has 27 heavy (non-hydrogen) atoms. The molecule has 144 valence electrons. The molecule has 0 bridgehead atoms. The minimum Gasteiger partial charge on any atom is -0.493 e. The molecule has 2 aromatic rings. The van der Waals surface area contributed by atoms with E-state index < -0.39 is 5.97 Å². The van der Waals surface area contributed by atoms with Gasteiger partial charge in [0.05, 0.1) is 25.7 Å². The van der Waals surface area contributed by atoms with Crippen LogP contribution in [-0.2, 0) is 17.8 Å². The second-order valence-corrected chi connectivity index (χ2v) is 6.15. The first kappa shape index (κ1) is 20.3. The van der Waals surface area contributed by atoms with Crippen LogP contribution in [0.4, 0.5) is 0 Å². The molecule has 0 unspecified atom stereocenters. The van der Waals surface area contributed by atoms with Gasteiger partial charge in [0.25, 0.3) is 0 Å². The highest BCUT2D eigenvalue weighted by atomic mass is 16.5. The number of hydrogen-bond acceptors (Lipinski definition) is 4. The Labute approximate surface area is 159 Å². The Bertz CT molecular complexity index is 788. The molecule has 6 heteroatoms. The van der Waals surface area contributed by atoms with Crippen LogP contribution in [0.5, 0.6) is 11.5 Å². The normalized spacial score (nSPS) is 10.3. The number of benzene rings is 2. The highest BCUT2D eigenvalue weighted by molar-refractivity contribution is 5.88. The van der Waals surface area contributed by atoms with Gasteiger partial charge in [0.2, 0.25) is 5.91 Å². The fourth-order valence-electron chi connectivity index (χ4n) is 2.53. The molecule has 2 N–H and O–H groups in total. The average Bonchev–Trinajstić information content (AvgIpc) is 2.67. The van der Waals surface area contributed by atoms with Crippen molar-refractivity contribution < 1.29 is 24.2 Å². The van der Waals surface area contributed by atoms with Crippen molar-refractivity contribution in [3.8, 4) is 11.5 Å². The Morgan fingerprint density at radius 1 is 1.07 bits per heavy atom. The minimum absolute atomic E-state index is 0.121. The van der Waals surface area contributed by atoms with Crippen LogP contribution >= 0.6 is 0 Å². The van der Waals surface area contributed by atoms with Crippen molar-refractivity contribution in [3.05, 3.63) is 59.2 Å². The summed E-state index contributed by atoms with van der Waals surface area (Å²) in [7, 11) is 1.58. The summed E-state index contributed by atoms with van der Waals surface area (Å²) in [5.41, 5.74) is 1.72. The maximum Gasteiger partial charge on any atom is 0.335 e. The summed E-state index contributed by atoms with van der Waals surface area (Å²) in [6.07, 6.45) is 2.16. The summed E-state index contributed by atoms with van der Waals surface area (Å²) in [4.78, 5) is 23.1. The average molecular weight is 371 g/mol. The summed E-state index contributed by atoms with van der Waals surface area (Å²) in [5.74, 6) is 0.129. The zero-order valence-electron chi connectivity index (χ0n) is 15.7. The van der Waals surface area contributed by atoms with Crippen molar-refractivity contribution in [2.45, 2.75) is 32.7 Å². The molecular formula is C21H25NO5. The molecule has 0 radical (unpaired) electrons. The highest BCUT2D eigenvalue weighted by Gasteiger charge is 2.09. The van der Waals surface area contributed by atoms with Crippen molar-refractivity contribution in [1.82, 2.24) is 5.32 Å². The van der Waals surface area contributed by atoms with Gasteiger partial charge in [0.15, 0.2) is 11.5 Å². The maximum atomic E-state index is 12.1. The Hall–Kier alpha value is -3.02. The van der Waals surface area contributed by atoms with Crippen molar-refractivity contribution in [2.75, 3.05) is 13.7 Å². The Balaban J connectivity index is 1.92.